The van der Waals surface area contributed by atoms with E-state index in [4.69, 9.17) is 11.6 Å². The second-order valence-electron chi connectivity index (χ2n) is 7.82. The standard InChI is InChI=1S/C23H29ClN2O/c1-26(2)22(18-7-4-3-5-8-18)19-13-11-17(12-14-19)16-25-23(27)20-9-6-10-21(24)15-20/h3-10,15,17,19,22H,11-14,16H2,1-2H3,(H,25,27). The van der Waals surface area contributed by atoms with Crippen LogP contribution >= 0.6 is 11.6 Å². The van der Waals surface area contributed by atoms with Gasteiger partial charge in [0, 0.05) is 23.2 Å². The molecule has 0 heterocycles. The van der Waals surface area contributed by atoms with Crippen LogP contribution in [-0.2, 0) is 0 Å². The van der Waals surface area contributed by atoms with Crippen LogP contribution in [0, 0.1) is 11.8 Å². The van der Waals surface area contributed by atoms with Gasteiger partial charge in [0.2, 0.25) is 0 Å². The average molecular weight is 385 g/mol. The summed E-state index contributed by atoms with van der Waals surface area (Å²) in [5.74, 6) is 1.19. The van der Waals surface area contributed by atoms with Gasteiger partial charge in [0.05, 0.1) is 0 Å². The highest BCUT2D eigenvalue weighted by Gasteiger charge is 2.30. The quantitative estimate of drug-likeness (QED) is 0.744. The number of benzene rings is 2. The molecule has 144 valence electrons. The van der Waals surface area contributed by atoms with Crippen molar-refractivity contribution in [2.45, 2.75) is 31.7 Å². The summed E-state index contributed by atoms with van der Waals surface area (Å²) in [6.07, 6.45) is 4.74. The molecule has 0 bridgehead atoms. The maximum absolute atomic E-state index is 12.3. The van der Waals surface area contributed by atoms with E-state index in [1.54, 1.807) is 18.2 Å². The van der Waals surface area contributed by atoms with Crippen molar-refractivity contribution < 1.29 is 4.79 Å². The number of carbonyl (C=O) groups excluding carboxylic acids is 1. The van der Waals surface area contributed by atoms with Gasteiger partial charge in [-0.2, -0.15) is 0 Å². The van der Waals surface area contributed by atoms with Gasteiger partial charge >= 0.3 is 0 Å². The Morgan fingerprint density at radius 1 is 1.07 bits per heavy atom. The number of carbonyl (C=O) groups is 1. The Kier molecular flexibility index (Phi) is 6.92. The molecule has 1 amide bonds. The van der Waals surface area contributed by atoms with Crippen LogP contribution < -0.4 is 5.32 Å². The van der Waals surface area contributed by atoms with Crippen molar-refractivity contribution >= 4 is 17.5 Å². The van der Waals surface area contributed by atoms with Gasteiger partial charge in [0.25, 0.3) is 5.91 Å². The lowest BCUT2D eigenvalue weighted by Gasteiger charge is -2.37. The maximum atomic E-state index is 12.3. The predicted molar refractivity (Wildman–Crippen MR) is 112 cm³/mol. The first kappa shape index (κ1) is 19.9. The minimum Gasteiger partial charge on any atom is -0.352 e. The number of hydrogen-bond donors (Lipinski definition) is 1. The van der Waals surface area contributed by atoms with E-state index in [-0.39, 0.29) is 5.91 Å². The lowest BCUT2D eigenvalue weighted by Crippen LogP contribution is -2.34. The molecular weight excluding hydrogens is 356 g/mol. The molecule has 0 spiro atoms. The first-order valence-electron chi connectivity index (χ1n) is 9.79. The summed E-state index contributed by atoms with van der Waals surface area (Å²) in [6, 6.07) is 18.4. The van der Waals surface area contributed by atoms with Crippen molar-refractivity contribution in [3.05, 3.63) is 70.7 Å². The number of nitrogens with one attached hydrogen (secondary N) is 1. The lowest BCUT2D eigenvalue weighted by atomic mass is 9.76. The Morgan fingerprint density at radius 3 is 2.41 bits per heavy atom. The minimum absolute atomic E-state index is 0.0323. The van der Waals surface area contributed by atoms with E-state index in [2.05, 4.69) is 54.6 Å². The molecule has 1 aliphatic rings. The SMILES string of the molecule is CN(C)C(c1ccccc1)C1CCC(CNC(=O)c2cccc(Cl)c2)CC1. The van der Waals surface area contributed by atoms with Gasteiger partial charge in [-0.1, -0.05) is 48.0 Å². The van der Waals surface area contributed by atoms with E-state index in [0.29, 0.717) is 28.5 Å². The molecule has 0 radical (unpaired) electrons. The number of hydrogen-bond acceptors (Lipinski definition) is 2. The third kappa shape index (κ3) is 5.33. The van der Waals surface area contributed by atoms with Crippen LogP contribution in [0.5, 0.6) is 0 Å². The summed E-state index contributed by atoms with van der Waals surface area (Å²) in [6.45, 7) is 0.746. The molecule has 1 aliphatic carbocycles. The van der Waals surface area contributed by atoms with Crippen LogP contribution in [-0.4, -0.2) is 31.4 Å². The second kappa shape index (κ2) is 9.38. The molecule has 1 N–H and O–H groups in total. The largest absolute Gasteiger partial charge is 0.352 e. The molecule has 0 aromatic heterocycles. The fourth-order valence-electron chi connectivity index (χ4n) is 4.32. The fraction of sp³-hybridized carbons (Fsp3) is 0.435. The summed E-state index contributed by atoms with van der Waals surface area (Å²) in [5.41, 5.74) is 2.04. The zero-order valence-electron chi connectivity index (χ0n) is 16.2. The first-order chi connectivity index (χ1) is 13.0. The third-order valence-electron chi connectivity index (χ3n) is 5.67. The molecule has 1 saturated carbocycles. The molecule has 27 heavy (non-hydrogen) atoms. The van der Waals surface area contributed by atoms with Crippen molar-refractivity contribution in [3.8, 4) is 0 Å². The number of amides is 1. The van der Waals surface area contributed by atoms with E-state index >= 15 is 0 Å². The zero-order valence-corrected chi connectivity index (χ0v) is 17.0. The van der Waals surface area contributed by atoms with Gasteiger partial charge in [0.1, 0.15) is 0 Å². The topological polar surface area (TPSA) is 32.3 Å². The normalized spacial score (nSPS) is 21.0. The molecule has 1 fully saturated rings. The van der Waals surface area contributed by atoms with E-state index in [0.717, 1.165) is 19.4 Å². The summed E-state index contributed by atoms with van der Waals surface area (Å²) >= 11 is 5.98. The molecule has 0 aliphatic heterocycles. The molecular formula is C23H29ClN2O. The molecule has 3 rings (SSSR count). The summed E-state index contributed by atoms with van der Waals surface area (Å²) in [7, 11) is 4.35. The van der Waals surface area contributed by atoms with E-state index < -0.39 is 0 Å². The molecule has 1 atom stereocenters. The van der Waals surface area contributed by atoms with Gasteiger partial charge in [-0.15, -0.1) is 0 Å². The number of nitrogens with zero attached hydrogens (tertiary/aromatic N) is 1. The summed E-state index contributed by atoms with van der Waals surface area (Å²) in [5, 5.41) is 3.68. The minimum atomic E-state index is -0.0323. The summed E-state index contributed by atoms with van der Waals surface area (Å²) < 4.78 is 0. The third-order valence-corrected chi connectivity index (χ3v) is 5.91. The first-order valence-corrected chi connectivity index (χ1v) is 10.2. The molecule has 2 aromatic rings. The van der Waals surface area contributed by atoms with Crippen LogP contribution in [0.1, 0.15) is 47.6 Å². The van der Waals surface area contributed by atoms with Gasteiger partial charge in [-0.05, 0) is 75.4 Å². The molecule has 2 aromatic carbocycles. The lowest BCUT2D eigenvalue weighted by molar-refractivity contribution is 0.0934. The van der Waals surface area contributed by atoms with Crippen molar-refractivity contribution in [3.63, 3.8) is 0 Å². The van der Waals surface area contributed by atoms with Crippen molar-refractivity contribution in [2.24, 2.45) is 11.8 Å². The number of halogens is 1. The van der Waals surface area contributed by atoms with Crippen LogP contribution in [0.3, 0.4) is 0 Å². The predicted octanol–water partition coefficient (Wildman–Crippen LogP) is 5.18. The molecule has 1 unspecified atom stereocenters. The maximum Gasteiger partial charge on any atom is 0.251 e. The van der Waals surface area contributed by atoms with Crippen molar-refractivity contribution in [1.29, 1.82) is 0 Å². The van der Waals surface area contributed by atoms with E-state index in [1.807, 2.05) is 6.07 Å². The highest BCUT2D eigenvalue weighted by molar-refractivity contribution is 6.30. The van der Waals surface area contributed by atoms with Crippen LogP contribution in [0.4, 0.5) is 0 Å². The van der Waals surface area contributed by atoms with Gasteiger partial charge < -0.3 is 10.2 Å². The van der Waals surface area contributed by atoms with E-state index in [1.165, 1.54) is 18.4 Å². The van der Waals surface area contributed by atoms with Crippen LogP contribution in [0.25, 0.3) is 0 Å². The average Bonchev–Trinajstić information content (AvgIpc) is 2.68. The van der Waals surface area contributed by atoms with Crippen LogP contribution in [0.15, 0.2) is 54.6 Å². The zero-order chi connectivity index (χ0) is 19.2. The fourth-order valence-corrected chi connectivity index (χ4v) is 4.51. The Balaban J connectivity index is 1.52. The van der Waals surface area contributed by atoms with Crippen LogP contribution in [0.2, 0.25) is 5.02 Å². The van der Waals surface area contributed by atoms with Gasteiger partial charge in [-0.3, -0.25) is 4.79 Å². The highest BCUT2D eigenvalue weighted by Crippen LogP contribution is 2.39. The Bertz CT molecular complexity index is 739. The molecule has 3 nitrogen and oxygen atoms in total. The van der Waals surface area contributed by atoms with E-state index in [9.17, 15) is 4.79 Å². The van der Waals surface area contributed by atoms with Gasteiger partial charge in [-0.25, -0.2) is 0 Å². The highest BCUT2D eigenvalue weighted by atomic mass is 35.5. The number of rotatable bonds is 6. The summed E-state index contributed by atoms with van der Waals surface area (Å²) in [4.78, 5) is 14.7. The second-order valence-corrected chi connectivity index (χ2v) is 8.26. The monoisotopic (exact) mass is 384 g/mol. The van der Waals surface area contributed by atoms with Crippen molar-refractivity contribution in [1.82, 2.24) is 10.2 Å². The van der Waals surface area contributed by atoms with Crippen molar-refractivity contribution in [2.75, 3.05) is 20.6 Å². The Morgan fingerprint density at radius 2 is 1.78 bits per heavy atom. The van der Waals surface area contributed by atoms with Gasteiger partial charge in [0.15, 0.2) is 0 Å². The molecule has 0 saturated heterocycles. The Labute approximate surface area is 167 Å². The molecule has 4 heteroatoms. The smallest absolute Gasteiger partial charge is 0.251 e. The Hall–Kier alpha value is -1.84.